The Morgan fingerprint density at radius 2 is 2.09 bits per heavy atom. The van der Waals surface area contributed by atoms with E-state index >= 15 is 0 Å². The highest BCUT2D eigenvalue weighted by atomic mass is 127. The van der Waals surface area contributed by atoms with Gasteiger partial charge in [0.15, 0.2) is 5.65 Å². The van der Waals surface area contributed by atoms with Crippen LogP contribution in [0.25, 0.3) is 11.0 Å². The molecule has 0 unspecified atom stereocenters. The third kappa shape index (κ3) is 4.13. The predicted octanol–water partition coefficient (Wildman–Crippen LogP) is 2.92. The number of anilines is 1. The molecule has 0 amide bonds. The molecule has 3 N–H and O–H groups in total. The number of methoxy groups -OCH3 is 1. The van der Waals surface area contributed by atoms with Crippen molar-refractivity contribution in [3.63, 3.8) is 0 Å². The maximum Gasteiger partial charge on any atom is 0.164 e. The summed E-state index contributed by atoms with van der Waals surface area (Å²) in [5.74, 6) is 1.29. The fraction of sp³-hybridized carbons (Fsp3) is 0.478. The topological polar surface area (TPSA) is 126 Å². The molecular formula is C23H28IN7O2. The first-order valence-electron chi connectivity index (χ1n) is 10.9. The molecule has 0 saturated carbocycles. The van der Waals surface area contributed by atoms with E-state index in [1.165, 1.54) is 6.33 Å². The van der Waals surface area contributed by atoms with Gasteiger partial charge in [0.25, 0.3) is 0 Å². The monoisotopic (exact) mass is 561 g/mol. The highest BCUT2D eigenvalue weighted by molar-refractivity contribution is 14.1. The molecule has 0 bridgehead atoms. The molecule has 2 atom stereocenters. The molecular weight excluding hydrogens is 533 g/mol. The predicted molar refractivity (Wildman–Crippen MR) is 135 cm³/mol. The minimum atomic E-state index is -0.384. The van der Waals surface area contributed by atoms with Crippen LogP contribution in [0.5, 0.6) is 5.75 Å². The first kappa shape index (κ1) is 23.7. The second-order valence-electron chi connectivity index (χ2n) is 8.62. The molecule has 2 aromatic heterocycles. The van der Waals surface area contributed by atoms with Crippen molar-refractivity contribution in [1.29, 1.82) is 5.26 Å². The quantitative estimate of drug-likeness (QED) is 0.333. The number of ether oxygens (including phenoxy) is 1. The summed E-state index contributed by atoms with van der Waals surface area (Å²) in [5, 5.41) is 25.3. The van der Waals surface area contributed by atoms with Gasteiger partial charge in [0, 0.05) is 41.1 Å². The van der Waals surface area contributed by atoms with Gasteiger partial charge in [-0.1, -0.05) is 22.6 Å². The lowest BCUT2D eigenvalue weighted by Crippen LogP contribution is -2.48. The second kappa shape index (κ2) is 9.40. The number of aliphatic hydroxyl groups is 1. The van der Waals surface area contributed by atoms with Crippen molar-refractivity contribution in [3.8, 4) is 11.8 Å². The van der Waals surface area contributed by atoms with Crippen molar-refractivity contribution in [2.75, 3.05) is 32.5 Å². The lowest BCUT2D eigenvalue weighted by atomic mass is 9.83. The van der Waals surface area contributed by atoms with Crippen LogP contribution < -0.4 is 10.5 Å². The van der Waals surface area contributed by atoms with E-state index in [0.717, 1.165) is 46.6 Å². The van der Waals surface area contributed by atoms with E-state index in [4.69, 9.17) is 15.6 Å². The summed E-state index contributed by atoms with van der Waals surface area (Å²) < 4.78 is 8.52. The molecule has 1 aliphatic rings. The molecule has 0 aliphatic carbocycles. The van der Waals surface area contributed by atoms with E-state index in [-0.39, 0.29) is 18.1 Å². The van der Waals surface area contributed by atoms with Gasteiger partial charge in [0.1, 0.15) is 17.9 Å². The number of likely N-dealkylation sites (tertiary alicyclic amines) is 1. The zero-order valence-corrected chi connectivity index (χ0v) is 21.4. The van der Waals surface area contributed by atoms with Crippen LogP contribution in [0, 0.1) is 18.3 Å². The third-order valence-corrected chi connectivity index (χ3v) is 7.11. The number of alkyl halides is 1. The molecule has 4 rings (SSSR count). The van der Waals surface area contributed by atoms with E-state index in [9.17, 15) is 10.4 Å². The van der Waals surface area contributed by atoms with Gasteiger partial charge in [-0.05, 0) is 32.4 Å². The van der Waals surface area contributed by atoms with E-state index in [0.29, 0.717) is 28.0 Å². The number of aromatic nitrogens is 4. The van der Waals surface area contributed by atoms with E-state index in [2.05, 4.69) is 56.5 Å². The van der Waals surface area contributed by atoms with Crippen molar-refractivity contribution in [3.05, 3.63) is 40.3 Å². The number of fused-ring (bicyclic) bond motifs is 1. The summed E-state index contributed by atoms with van der Waals surface area (Å²) in [6.07, 6.45) is 1.07. The second-order valence-corrected chi connectivity index (χ2v) is 9.38. The Balaban J connectivity index is 1.84. The largest absolute Gasteiger partial charge is 0.496 e. The van der Waals surface area contributed by atoms with Crippen molar-refractivity contribution in [2.45, 2.75) is 43.3 Å². The van der Waals surface area contributed by atoms with Crippen molar-refractivity contribution in [2.24, 2.45) is 0 Å². The Bertz CT molecular complexity index is 1230. The Kier molecular flexibility index (Phi) is 6.74. The van der Waals surface area contributed by atoms with E-state index < -0.39 is 0 Å². The first-order chi connectivity index (χ1) is 15.8. The maximum absolute atomic E-state index is 10.0. The molecule has 1 fully saturated rings. The number of nitrogen functional groups attached to an aromatic ring is 1. The Morgan fingerprint density at radius 1 is 1.36 bits per heavy atom. The molecule has 3 aromatic rings. The SMILES string of the molecule is COc1c([C@H](C)n2nc(C)c3c(N)ncnc32)cc(CI)c(C#N)c1C1CN(C[C@@H](C)O)C1. The van der Waals surface area contributed by atoms with Gasteiger partial charge >= 0.3 is 0 Å². The average Bonchev–Trinajstić information content (AvgIpc) is 3.11. The van der Waals surface area contributed by atoms with E-state index in [1.54, 1.807) is 14.0 Å². The number of hydrogen-bond acceptors (Lipinski definition) is 8. The molecule has 1 saturated heterocycles. The highest BCUT2D eigenvalue weighted by Gasteiger charge is 2.35. The number of hydrogen-bond donors (Lipinski definition) is 2. The smallest absolute Gasteiger partial charge is 0.164 e. The van der Waals surface area contributed by atoms with E-state index in [1.807, 2.05) is 11.6 Å². The lowest BCUT2D eigenvalue weighted by Gasteiger charge is -2.41. The van der Waals surface area contributed by atoms with Crippen LogP contribution in [0.1, 0.15) is 53.8 Å². The standard InChI is InChI=1S/C23H28IN7O2/c1-12(32)8-30-9-16(10-30)20-18(7-25)15(6-24)5-17(21(20)33-4)14(3)31-23-19(13(2)29-31)22(26)27-11-28-23/h5,11-12,14,16,32H,6,8-10H2,1-4H3,(H2,26,27,28)/t12-,14+/m1/s1. The Labute approximate surface area is 206 Å². The zero-order chi connectivity index (χ0) is 23.9. The number of nitrogens with two attached hydrogens (primary N) is 1. The fourth-order valence-electron chi connectivity index (χ4n) is 4.78. The molecule has 10 heteroatoms. The summed E-state index contributed by atoms with van der Waals surface area (Å²) in [5.41, 5.74) is 11.1. The first-order valence-corrected chi connectivity index (χ1v) is 12.4. The molecule has 3 heterocycles. The number of nitriles is 1. The summed E-state index contributed by atoms with van der Waals surface area (Å²) in [4.78, 5) is 10.8. The zero-order valence-electron chi connectivity index (χ0n) is 19.2. The van der Waals surface area contributed by atoms with Crippen LogP contribution in [-0.4, -0.2) is 62.6 Å². The van der Waals surface area contributed by atoms with Crippen molar-refractivity contribution in [1.82, 2.24) is 24.6 Å². The Hall–Kier alpha value is -2.49. The minimum absolute atomic E-state index is 0.163. The van der Waals surface area contributed by atoms with Gasteiger partial charge in [-0.25, -0.2) is 14.6 Å². The third-order valence-electron chi connectivity index (χ3n) is 6.28. The van der Waals surface area contributed by atoms with Crippen LogP contribution in [0.3, 0.4) is 0 Å². The molecule has 174 valence electrons. The van der Waals surface area contributed by atoms with Crippen LogP contribution in [0.15, 0.2) is 12.4 Å². The summed E-state index contributed by atoms with van der Waals surface area (Å²) in [6, 6.07) is 4.28. The number of nitrogens with zero attached hydrogens (tertiary/aromatic N) is 6. The van der Waals surface area contributed by atoms with Crippen LogP contribution in [-0.2, 0) is 4.43 Å². The molecule has 0 spiro atoms. The van der Waals surface area contributed by atoms with Crippen LogP contribution in [0.2, 0.25) is 0 Å². The van der Waals surface area contributed by atoms with Gasteiger partial charge in [-0.15, -0.1) is 0 Å². The number of aryl methyl sites for hydroxylation is 1. The van der Waals surface area contributed by atoms with Crippen molar-refractivity contribution < 1.29 is 9.84 Å². The number of benzene rings is 1. The normalized spacial score (nSPS) is 16.4. The number of β-amino-alcohol motifs (C(OH)–C–C–N with tert-alkyl or cyclic N) is 1. The lowest BCUT2D eigenvalue weighted by molar-refractivity contribution is 0.0733. The number of halogens is 1. The minimum Gasteiger partial charge on any atom is -0.496 e. The molecule has 33 heavy (non-hydrogen) atoms. The molecule has 9 nitrogen and oxygen atoms in total. The summed E-state index contributed by atoms with van der Waals surface area (Å²) in [7, 11) is 1.65. The Morgan fingerprint density at radius 3 is 2.70 bits per heavy atom. The number of rotatable bonds is 7. The van der Waals surface area contributed by atoms with Gasteiger partial charge < -0.3 is 15.6 Å². The number of aliphatic hydroxyl groups excluding tert-OH is 1. The molecule has 1 aromatic carbocycles. The van der Waals surface area contributed by atoms with Gasteiger partial charge in [0.05, 0.1) is 42.0 Å². The molecule has 1 aliphatic heterocycles. The van der Waals surface area contributed by atoms with Crippen molar-refractivity contribution >= 4 is 39.4 Å². The van der Waals surface area contributed by atoms with Gasteiger partial charge in [-0.3, -0.25) is 4.90 Å². The molecule has 0 radical (unpaired) electrons. The summed E-state index contributed by atoms with van der Waals surface area (Å²) in [6.45, 7) is 7.92. The fourth-order valence-corrected chi connectivity index (χ4v) is 5.38. The van der Waals surface area contributed by atoms with Gasteiger partial charge in [-0.2, -0.15) is 10.4 Å². The maximum atomic E-state index is 10.0. The van der Waals surface area contributed by atoms with Crippen LogP contribution in [0.4, 0.5) is 5.82 Å². The average molecular weight is 561 g/mol. The van der Waals surface area contributed by atoms with Gasteiger partial charge in [0.2, 0.25) is 0 Å². The van der Waals surface area contributed by atoms with Crippen LogP contribution >= 0.6 is 22.6 Å². The highest BCUT2D eigenvalue weighted by Crippen LogP contribution is 2.43. The summed E-state index contributed by atoms with van der Waals surface area (Å²) >= 11 is 2.30.